The first-order valence-corrected chi connectivity index (χ1v) is 10.5. The minimum atomic E-state index is 0.520. The van der Waals surface area contributed by atoms with Gasteiger partial charge in [0.1, 0.15) is 0 Å². The number of hydrogen-bond donors (Lipinski definition) is 0. The van der Waals surface area contributed by atoms with Crippen LogP contribution in [0.4, 0.5) is 0 Å². The lowest BCUT2D eigenvalue weighted by Crippen LogP contribution is -2.65. The lowest BCUT2D eigenvalue weighted by molar-refractivity contribution is -0.188. The van der Waals surface area contributed by atoms with E-state index in [1.807, 2.05) is 0 Å². The Labute approximate surface area is 159 Å². The molecule has 0 radical (unpaired) electrons. The van der Waals surface area contributed by atoms with Crippen LogP contribution in [0.25, 0.3) is 0 Å². The average Bonchev–Trinajstić information content (AvgIpc) is 3.11. The molecule has 0 aromatic carbocycles. The van der Waals surface area contributed by atoms with Gasteiger partial charge in [0, 0.05) is 49.9 Å². The molecule has 144 valence electrons. The van der Waals surface area contributed by atoms with Gasteiger partial charge in [-0.3, -0.25) is 0 Å². The molecule has 0 unspecified atom stereocenters. The Morgan fingerprint density at radius 1 is 1.00 bits per heavy atom. The Morgan fingerprint density at radius 2 is 1.69 bits per heavy atom. The Hall–Kier alpha value is -1.10. The summed E-state index contributed by atoms with van der Waals surface area (Å²) in [6.45, 7) is 18.9. The Balaban J connectivity index is 1.13. The maximum atomic E-state index is 5.34. The van der Waals surface area contributed by atoms with E-state index < -0.39 is 0 Å². The molecule has 4 heteroatoms. The summed E-state index contributed by atoms with van der Waals surface area (Å²) in [7, 11) is 0. The van der Waals surface area contributed by atoms with E-state index in [1.165, 1.54) is 57.4 Å². The fourth-order valence-electron chi connectivity index (χ4n) is 4.96. The van der Waals surface area contributed by atoms with Crippen molar-refractivity contribution in [2.75, 3.05) is 59.0 Å². The lowest BCUT2D eigenvalue weighted by atomic mass is 9.78. The van der Waals surface area contributed by atoms with Gasteiger partial charge in [-0.25, -0.2) is 0 Å². The molecule has 0 aromatic rings. The van der Waals surface area contributed by atoms with Crippen molar-refractivity contribution >= 4 is 0 Å². The minimum Gasteiger partial charge on any atom is -0.380 e. The Morgan fingerprint density at radius 3 is 2.31 bits per heavy atom. The molecule has 0 saturated carbocycles. The molecule has 26 heavy (non-hydrogen) atoms. The van der Waals surface area contributed by atoms with Crippen LogP contribution in [0.1, 0.15) is 32.1 Å². The number of allylic oxidation sites excluding steroid dienone is 2. The number of ether oxygens (including phenoxy) is 1. The first-order chi connectivity index (χ1) is 12.6. The molecule has 4 aliphatic rings. The van der Waals surface area contributed by atoms with Crippen molar-refractivity contribution in [3.63, 3.8) is 0 Å². The number of hydrogen-bond acceptors (Lipinski definition) is 4. The zero-order valence-electron chi connectivity index (χ0n) is 16.3. The zero-order chi connectivity index (χ0) is 18.0. The predicted molar refractivity (Wildman–Crippen MR) is 107 cm³/mol. The van der Waals surface area contributed by atoms with E-state index in [9.17, 15) is 0 Å². The number of likely N-dealkylation sites (tertiary alicyclic amines) is 3. The van der Waals surface area contributed by atoms with Crippen LogP contribution in [0.2, 0.25) is 0 Å². The monoisotopic (exact) mass is 357 g/mol. The fraction of sp³-hybridized carbons (Fsp3) is 0.727. The van der Waals surface area contributed by atoms with Crippen LogP contribution in [0.15, 0.2) is 36.6 Å². The standard InChI is InChI=1S/C22H35N3O/c1-19(7-12-23-15-22(16-23)17-26-18-22)5-6-20(2)24-13-8-21(9-14-24)25-10-3-4-11-25/h5-6,21H,1-4,7-18H2/b6-5-. The van der Waals surface area contributed by atoms with Crippen LogP contribution in [-0.4, -0.2) is 79.8 Å². The van der Waals surface area contributed by atoms with E-state index >= 15 is 0 Å². The molecule has 0 N–H and O–H groups in total. The van der Waals surface area contributed by atoms with E-state index in [2.05, 4.69) is 40.0 Å². The lowest BCUT2D eigenvalue weighted by Gasteiger charge is -2.55. The van der Waals surface area contributed by atoms with Crippen molar-refractivity contribution in [1.82, 2.24) is 14.7 Å². The molecular formula is C22H35N3O. The Kier molecular flexibility index (Phi) is 5.53. The van der Waals surface area contributed by atoms with E-state index in [-0.39, 0.29) is 0 Å². The van der Waals surface area contributed by atoms with Gasteiger partial charge in [-0.2, -0.15) is 0 Å². The highest BCUT2D eigenvalue weighted by atomic mass is 16.5. The molecule has 0 aliphatic carbocycles. The number of nitrogens with zero attached hydrogens (tertiary/aromatic N) is 3. The van der Waals surface area contributed by atoms with E-state index in [4.69, 9.17) is 4.74 Å². The van der Waals surface area contributed by atoms with Crippen LogP contribution in [-0.2, 0) is 4.74 Å². The van der Waals surface area contributed by atoms with Gasteiger partial charge in [0.05, 0.1) is 13.2 Å². The summed E-state index contributed by atoms with van der Waals surface area (Å²) in [5.41, 5.74) is 2.89. The molecule has 4 rings (SSSR count). The van der Waals surface area contributed by atoms with Crippen molar-refractivity contribution in [1.29, 1.82) is 0 Å². The second-order valence-electron chi connectivity index (χ2n) is 8.90. The fourth-order valence-corrected chi connectivity index (χ4v) is 4.96. The Bertz CT molecular complexity index is 544. The van der Waals surface area contributed by atoms with Gasteiger partial charge in [-0.1, -0.05) is 24.8 Å². The molecule has 4 saturated heterocycles. The van der Waals surface area contributed by atoms with Gasteiger partial charge in [0.25, 0.3) is 0 Å². The van der Waals surface area contributed by atoms with Gasteiger partial charge in [-0.05, 0) is 51.3 Å². The summed E-state index contributed by atoms with van der Waals surface area (Å²) in [4.78, 5) is 7.68. The highest BCUT2D eigenvalue weighted by Crippen LogP contribution is 2.37. The maximum absolute atomic E-state index is 5.34. The zero-order valence-corrected chi connectivity index (χ0v) is 16.3. The average molecular weight is 358 g/mol. The van der Waals surface area contributed by atoms with Crippen molar-refractivity contribution in [3.8, 4) is 0 Å². The SMILES string of the molecule is C=C(/C=C\C(=C)N1CCC(N2CCCC2)CC1)CCN1CC2(COC2)C1. The van der Waals surface area contributed by atoms with Crippen molar-refractivity contribution < 1.29 is 4.74 Å². The maximum Gasteiger partial charge on any atom is 0.0569 e. The number of piperidine rings is 1. The first kappa shape index (κ1) is 18.3. The second kappa shape index (κ2) is 7.87. The van der Waals surface area contributed by atoms with Crippen LogP contribution in [0.5, 0.6) is 0 Å². The van der Waals surface area contributed by atoms with Gasteiger partial charge in [0.2, 0.25) is 0 Å². The summed E-state index contributed by atoms with van der Waals surface area (Å²) in [6, 6.07) is 0.807. The second-order valence-corrected chi connectivity index (χ2v) is 8.90. The minimum absolute atomic E-state index is 0.520. The van der Waals surface area contributed by atoms with Crippen molar-refractivity contribution in [3.05, 3.63) is 36.6 Å². The third kappa shape index (κ3) is 4.08. The summed E-state index contributed by atoms with van der Waals surface area (Å²) in [5, 5.41) is 0. The van der Waals surface area contributed by atoms with Crippen molar-refractivity contribution in [2.24, 2.45) is 5.41 Å². The smallest absolute Gasteiger partial charge is 0.0569 e. The normalized spacial score (nSPS) is 27.0. The van der Waals surface area contributed by atoms with Crippen LogP contribution in [0, 0.1) is 5.41 Å². The quantitative estimate of drug-likeness (QED) is 0.652. The molecule has 0 bridgehead atoms. The summed E-state index contributed by atoms with van der Waals surface area (Å²) < 4.78 is 5.34. The highest BCUT2D eigenvalue weighted by Gasteiger charge is 2.48. The summed E-state index contributed by atoms with van der Waals surface area (Å²) >= 11 is 0. The molecular weight excluding hydrogens is 322 g/mol. The molecule has 0 aromatic heterocycles. The number of rotatable bonds is 7. The summed E-state index contributed by atoms with van der Waals surface area (Å²) in [5.74, 6) is 0. The van der Waals surface area contributed by atoms with E-state index in [1.54, 1.807) is 0 Å². The third-order valence-corrected chi connectivity index (χ3v) is 6.72. The third-order valence-electron chi connectivity index (χ3n) is 6.72. The van der Waals surface area contributed by atoms with E-state index in [0.717, 1.165) is 51.0 Å². The first-order valence-electron chi connectivity index (χ1n) is 10.5. The topological polar surface area (TPSA) is 19.0 Å². The summed E-state index contributed by atoms with van der Waals surface area (Å²) in [6.07, 6.45) is 10.8. The molecule has 0 amide bonds. The van der Waals surface area contributed by atoms with E-state index in [0.29, 0.717) is 5.41 Å². The molecule has 0 atom stereocenters. The van der Waals surface area contributed by atoms with Crippen LogP contribution in [0.3, 0.4) is 0 Å². The van der Waals surface area contributed by atoms with Crippen molar-refractivity contribution in [2.45, 2.75) is 38.1 Å². The molecule has 4 nitrogen and oxygen atoms in total. The van der Waals surface area contributed by atoms with Gasteiger partial charge >= 0.3 is 0 Å². The van der Waals surface area contributed by atoms with Crippen LogP contribution >= 0.6 is 0 Å². The predicted octanol–water partition coefficient (Wildman–Crippen LogP) is 2.90. The largest absolute Gasteiger partial charge is 0.380 e. The van der Waals surface area contributed by atoms with Gasteiger partial charge < -0.3 is 19.4 Å². The van der Waals surface area contributed by atoms with Gasteiger partial charge in [0.15, 0.2) is 0 Å². The van der Waals surface area contributed by atoms with Crippen LogP contribution < -0.4 is 0 Å². The molecule has 4 aliphatic heterocycles. The molecule has 4 fully saturated rings. The van der Waals surface area contributed by atoms with Gasteiger partial charge in [-0.15, -0.1) is 0 Å². The molecule has 4 heterocycles. The molecule has 1 spiro atoms. The highest BCUT2D eigenvalue weighted by molar-refractivity contribution is 5.24.